The maximum Gasteiger partial charge on any atom is 0.410 e. The van der Waals surface area contributed by atoms with Crippen molar-refractivity contribution < 1.29 is 14.6 Å². The zero-order chi connectivity index (χ0) is 17.2. The number of aliphatic hydroxyl groups excluding tert-OH is 1. The normalized spacial score (nSPS) is 21.4. The van der Waals surface area contributed by atoms with Crippen LogP contribution in [0.3, 0.4) is 0 Å². The van der Waals surface area contributed by atoms with Crippen LogP contribution < -0.4 is 5.32 Å². The van der Waals surface area contributed by atoms with E-state index in [0.29, 0.717) is 13.0 Å². The van der Waals surface area contributed by atoms with Crippen molar-refractivity contribution in [2.75, 3.05) is 18.5 Å². The Morgan fingerprint density at radius 1 is 1.48 bits per heavy atom. The molecule has 6 heteroatoms. The van der Waals surface area contributed by atoms with E-state index >= 15 is 0 Å². The standard InChI is InChI=1S/C17H27N3O3/c1-11-6-12(2)15(18-8-11)19-13-7-14(10-21)20(9-13)16(22)23-17(3,4)5/h6,8,13-14,21H,7,9-10H2,1-5H3,(H,18,19)/t13-,14-/m0/s1. The minimum Gasteiger partial charge on any atom is -0.444 e. The number of aliphatic hydroxyl groups is 1. The van der Waals surface area contributed by atoms with Gasteiger partial charge in [-0.3, -0.25) is 0 Å². The van der Waals surface area contributed by atoms with Gasteiger partial charge in [0.25, 0.3) is 0 Å². The monoisotopic (exact) mass is 321 g/mol. The molecule has 2 rings (SSSR count). The summed E-state index contributed by atoms with van der Waals surface area (Å²) >= 11 is 0. The zero-order valence-corrected chi connectivity index (χ0v) is 14.6. The molecule has 2 atom stereocenters. The van der Waals surface area contributed by atoms with Crippen molar-refractivity contribution in [2.45, 2.75) is 58.7 Å². The first-order valence-electron chi connectivity index (χ1n) is 8.00. The molecule has 2 N–H and O–H groups in total. The lowest BCUT2D eigenvalue weighted by molar-refractivity contribution is 0.0175. The van der Waals surface area contributed by atoms with Gasteiger partial charge in [-0.1, -0.05) is 6.07 Å². The first kappa shape index (κ1) is 17.5. The summed E-state index contributed by atoms with van der Waals surface area (Å²) in [6.07, 6.45) is 2.11. The topological polar surface area (TPSA) is 74.7 Å². The van der Waals surface area contributed by atoms with Gasteiger partial charge in [0, 0.05) is 18.8 Å². The highest BCUT2D eigenvalue weighted by molar-refractivity contribution is 5.69. The molecule has 1 fully saturated rings. The molecule has 6 nitrogen and oxygen atoms in total. The number of pyridine rings is 1. The van der Waals surface area contributed by atoms with Gasteiger partial charge in [0.15, 0.2) is 0 Å². The van der Waals surface area contributed by atoms with Gasteiger partial charge in [0.1, 0.15) is 11.4 Å². The number of carbonyl (C=O) groups excluding carboxylic acids is 1. The van der Waals surface area contributed by atoms with Crippen LogP contribution in [0.1, 0.15) is 38.3 Å². The fourth-order valence-corrected chi connectivity index (χ4v) is 2.80. The highest BCUT2D eigenvalue weighted by atomic mass is 16.6. The Balaban J connectivity index is 2.05. The van der Waals surface area contributed by atoms with Crippen LogP contribution in [0, 0.1) is 13.8 Å². The van der Waals surface area contributed by atoms with Gasteiger partial charge in [-0.15, -0.1) is 0 Å². The molecule has 1 aliphatic heterocycles. The molecule has 0 bridgehead atoms. The number of amides is 1. The minimum absolute atomic E-state index is 0.0496. The first-order chi connectivity index (χ1) is 10.7. The average molecular weight is 321 g/mol. The van der Waals surface area contributed by atoms with E-state index in [1.165, 1.54) is 0 Å². The number of hydrogen-bond donors (Lipinski definition) is 2. The highest BCUT2D eigenvalue weighted by Gasteiger charge is 2.37. The Hall–Kier alpha value is -1.82. The Bertz CT molecular complexity index is 569. The number of ether oxygens (including phenoxy) is 1. The van der Waals surface area contributed by atoms with E-state index in [0.717, 1.165) is 16.9 Å². The lowest BCUT2D eigenvalue weighted by Crippen LogP contribution is -2.41. The maximum atomic E-state index is 12.3. The number of likely N-dealkylation sites (tertiary alicyclic amines) is 1. The first-order valence-corrected chi connectivity index (χ1v) is 8.00. The molecule has 0 aromatic carbocycles. The molecular weight excluding hydrogens is 294 g/mol. The second kappa shape index (κ2) is 6.74. The molecule has 1 aromatic rings. The third-order valence-corrected chi connectivity index (χ3v) is 3.81. The number of aromatic nitrogens is 1. The van der Waals surface area contributed by atoms with E-state index in [1.807, 2.05) is 40.8 Å². The van der Waals surface area contributed by atoms with Crippen molar-refractivity contribution in [3.8, 4) is 0 Å². The smallest absolute Gasteiger partial charge is 0.410 e. The molecule has 0 saturated carbocycles. The largest absolute Gasteiger partial charge is 0.444 e. The van der Waals surface area contributed by atoms with Crippen molar-refractivity contribution >= 4 is 11.9 Å². The molecule has 0 unspecified atom stereocenters. The second-order valence-electron chi connectivity index (χ2n) is 7.22. The van der Waals surface area contributed by atoms with Crippen LogP contribution >= 0.6 is 0 Å². The van der Waals surface area contributed by atoms with E-state index in [4.69, 9.17) is 4.74 Å². The molecule has 0 radical (unpaired) electrons. The Morgan fingerprint density at radius 2 is 2.17 bits per heavy atom. The van der Waals surface area contributed by atoms with Gasteiger partial charge in [-0.05, 0) is 52.2 Å². The van der Waals surface area contributed by atoms with Gasteiger partial charge in [-0.2, -0.15) is 0 Å². The van der Waals surface area contributed by atoms with Crippen LogP contribution in [0.15, 0.2) is 12.3 Å². The minimum atomic E-state index is -0.544. The van der Waals surface area contributed by atoms with E-state index in [2.05, 4.69) is 16.4 Å². The quantitative estimate of drug-likeness (QED) is 0.894. The van der Waals surface area contributed by atoms with E-state index in [9.17, 15) is 9.90 Å². The summed E-state index contributed by atoms with van der Waals surface area (Å²) in [5.41, 5.74) is 1.64. The molecule has 0 spiro atoms. The van der Waals surface area contributed by atoms with Crippen molar-refractivity contribution in [3.05, 3.63) is 23.4 Å². The van der Waals surface area contributed by atoms with Gasteiger partial charge < -0.3 is 20.1 Å². The van der Waals surface area contributed by atoms with Gasteiger partial charge in [0.05, 0.1) is 12.6 Å². The van der Waals surface area contributed by atoms with Crippen molar-refractivity contribution in [3.63, 3.8) is 0 Å². The van der Waals surface area contributed by atoms with Crippen LogP contribution in [0.2, 0.25) is 0 Å². The molecular formula is C17H27N3O3. The zero-order valence-electron chi connectivity index (χ0n) is 14.6. The molecule has 0 aliphatic carbocycles. The molecule has 1 aromatic heterocycles. The summed E-state index contributed by atoms with van der Waals surface area (Å²) in [5.74, 6) is 0.823. The number of anilines is 1. The third-order valence-electron chi connectivity index (χ3n) is 3.81. The second-order valence-corrected chi connectivity index (χ2v) is 7.22. The van der Waals surface area contributed by atoms with Gasteiger partial charge in [-0.25, -0.2) is 9.78 Å². The van der Waals surface area contributed by atoms with Gasteiger partial charge in [0.2, 0.25) is 0 Å². The van der Waals surface area contributed by atoms with Gasteiger partial charge >= 0.3 is 6.09 Å². The summed E-state index contributed by atoms with van der Waals surface area (Å²) in [7, 11) is 0. The van der Waals surface area contributed by atoms with Crippen LogP contribution in [0.25, 0.3) is 0 Å². The molecule has 1 amide bonds. The predicted octanol–water partition coefficient (Wildman–Crippen LogP) is 2.48. The van der Waals surface area contributed by atoms with Crippen molar-refractivity contribution in [1.82, 2.24) is 9.88 Å². The van der Waals surface area contributed by atoms with Crippen molar-refractivity contribution in [2.24, 2.45) is 0 Å². The predicted molar refractivity (Wildman–Crippen MR) is 89.6 cm³/mol. The van der Waals surface area contributed by atoms with Crippen molar-refractivity contribution in [1.29, 1.82) is 0 Å². The Kier molecular flexibility index (Phi) is 5.14. The lowest BCUT2D eigenvalue weighted by Gasteiger charge is -2.27. The highest BCUT2D eigenvalue weighted by Crippen LogP contribution is 2.24. The SMILES string of the molecule is Cc1cnc(N[C@H]2C[C@@H](CO)N(C(=O)OC(C)(C)C)C2)c(C)c1. The van der Waals surface area contributed by atoms with E-state index in [-0.39, 0.29) is 24.8 Å². The van der Waals surface area contributed by atoms with Crippen LogP contribution in [0.5, 0.6) is 0 Å². The number of hydrogen-bond acceptors (Lipinski definition) is 5. The summed E-state index contributed by atoms with van der Waals surface area (Å²) in [6, 6.07) is 1.89. The van der Waals surface area contributed by atoms with E-state index < -0.39 is 5.60 Å². The van der Waals surface area contributed by atoms with Crippen LogP contribution in [-0.2, 0) is 4.74 Å². The fourth-order valence-electron chi connectivity index (χ4n) is 2.80. The summed E-state index contributed by atoms with van der Waals surface area (Å²) in [4.78, 5) is 18.3. The average Bonchev–Trinajstić information content (AvgIpc) is 2.83. The van der Waals surface area contributed by atoms with Crippen LogP contribution in [0.4, 0.5) is 10.6 Å². The molecule has 1 saturated heterocycles. The molecule has 2 heterocycles. The Labute approximate surface area is 137 Å². The summed E-state index contributed by atoms with van der Waals surface area (Å²) in [5, 5.41) is 12.9. The van der Waals surface area contributed by atoms with E-state index in [1.54, 1.807) is 4.90 Å². The molecule has 1 aliphatic rings. The summed E-state index contributed by atoms with van der Waals surface area (Å²) in [6.45, 7) is 9.95. The fraction of sp³-hybridized carbons (Fsp3) is 0.647. The number of aryl methyl sites for hydroxylation is 2. The molecule has 23 heavy (non-hydrogen) atoms. The number of carbonyl (C=O) groups is 1. The third kappa shape index (κ3) is 4.58. The Morgan fingerprint density at radius 3 is 2.74 bits per heavy atom. The lowest BCUT2D eigenvalue weighted by atomic mass is 10.1. The van der Waals surface area contributed by atoms with Crippen LogP contribution in [-0.4, -0.2) is 51.9 Å². The molecule has 128 valence electrons. The number of rotatable bonds is 3. The maximum absolute atomic E-state index is 12.3. The number of nitrogens with one attached hydrogen (secondary N) is 1. The number of nitrogens with zero attached hydrogens (tertiary/aromatic N) is 2. The summed E-state index contributed by atoms with van der Waals surface area (Å²) < 4.78 is 5.42.